The molecule has 1 aromatic heterocycles. The Labute approximate surface area is 201 Å². The van der Waals surface area contributed by atoms with Gasteiger partial charge in [0.1, 0.15) is 11.6 Å². The lowest BCUT2D eigenvalue weighted by atomic mass is 9.88. The number of benzene rings is 2. The molecule has 178 valence electrons. The number of aryl methyl sites for hydroxylation is 1. The molecule has 1 aliphatic heterocycles. The zero-order valence-corrected chi connectivity index (χ0v) is 20.1. The van der Waals surface area contributed by atoms with Gasteiger partial charge in [-0.05, 0) is 60.4 Å². The molecule has 1 amide bonds. The number of rotatable bonds is 8. The lowest BCUT2D eigenvalue weighted by molar-refractivity contribution is -0.130. The molecule has 1 aliphatic rings. The van der Waals surface area contributed by atoms with Crippen LogP contribution < -0.4 is 4.74 Å². The minimum Gasteiger partial charge on any atom is -0.497 e. The lowest BCUT2D eigenvalue weighted by Crippen LogP contribution is -2.35. The van der Waals surface area contributed by atoms with Gasteiger partial charge in [0.2, 0.25) is 5.91 Å². The summed E-state index contributed by atoms with van der Waals surface area (Å²) in [7, 11) is 1.67. The molecule has 1 saturated heterocycles. The molecule has 0 spiro atoms. The highest BCUT2D eigenvalue weighted by molar-refractivity contribution is 5.73. The molecule has 5 nitrogen and oxygen atoms in total. The van der Waals surface area contributed by atoms with Gasteiger partial charge in [0.25, 0.3) is 0 Å². The highest BCUT2D eigenvalue weighted by atomic mass is 19.1. The summed E-state index contributed by atoms with van der Waals surface area (Å²) in [4.78, 5) is 21.5. The van der Waals surface area contributed by atoms with E-state index < -0.39 is 0 Å². The van der Waals surface area contributed by atoms with Gasteiger partial charge in [0.05, 0.1) is 12.8 Å². The van der Waals surface area contributed by atoms with E-state index in [0.29, 0.717) is 13.1 Å². The molecule has 4 rings (SSSR count). The molecule has 6 heteroatoms. The summed E-state index contributed by atoms with van der Waals surface area (Å²) < 4.78 is 18.7. The molecule has 3 aromatic rings. The summed E-state index contributed by atoms with van der Waals surface area (Å²) >= 11 is 0. The van der Waals surface area contributed by atoms with Crippen LogP contribution >= 0.6 is 0 Å². The van der Waals surface area contributed by atoms with Crippen molar-refractivity contribution in [2.45, 2.75) is 32.9 Å². The summed E-state index contributed by atoms with van der Waals surface area (Å²) in [5, 5.41) is 0. The predicted molar refractivity (Wildman–Crippen MR) is 131 cm³/mol. The molecular formula is C28H32FN3O2. The molecule has 0 bridgehead atoms. The minimum absolute atomic E-state index is 0.0246. The van der Waals surface area contributed by atoms with Crippen LogP contribution in [-0.2, 0) is 17.9 Å². The van der Waals surface area contributed by atoms with E-state index in [2.05, 4.69) is 28.1 Å². The molecule has 2 heterocycles. The van der Waals surface area contributed by atoms with Gasteiger partial charge in [-0.2, -0.15) is 0 Å². The Kier molecular flexibility index (Phi) is 7.58. The van der Waals surface area contributed by atoms with E-state index in [1.165, 1.54) is 17.7 Å². The zero-order chi connectivity index (χ0) is 24.1. The van der Waals surface area contributed by atoms with Gasteiger partial charge in [-0.3, -0.25) is 14.7 Å². The average molecular weight is 462 g/mol. The second kappa shape index (κ2) is 10.8. The van der Waals surface area contributed by atoms with Crippen molar-refractivity contribution in [3.05, 3.63) is 95.1 Å². The van der Waals surface area contributed by atoms with E-state index in [9.17, 15) is 9.18 Å². The lowest BCUT2D eigenvalue weighted by Gasteiger charge is -2.28. The van der Waals surface area contributed by atoms with Gasteiger partial charge in [0, 0.05) is 51.3 Å². The number of halogens is 1. The van der Waals surface area contributed by atoms with Gasteiger partial charge in [-0.1, -0.05) is 30.3 Å². The molecule has 0 saturated carbocycles. The third-order valence-corrected chi connectivity index (χ3v) is 6.58. The Morgan fingerprint density at radius 3 is 2.47 bits per heavy atom. The highest BCUT2D eigenvalue weighted by Gasteiger charge is 2.35. The Morgan fingerprint density at radius 2 is 1.82 bits per heavy atom. The first-order valence-corrected chi connectivity index (χ1v) is 11.7. The van der Waals surface area contributed by atoms with E-state index in [1.54, 1.807) is 26.2 Å². The van der Waals surface area contributed by atoms with Crippen LogP contribution in [0, 0.1) is 18.7 Å². The topological polar surface area (TPSA) is 45.7 Å². The predicted octanol–water partition coefficient (Wildman–Crippen LogP) is 4.80. The normalized spacial score (nSPS) is 18.1. The molecular weight excluding hydrogens is 429 g/mol. The maximum atomic E-state index is 13.4. The molecule has 0 radical (unpaired) electrons. The summed E-state index contributed by atoms with van der Waals surface area (Å²) in [6, 6.07) is 20.8. The van der Waals surface area contributed by atoms with Crippen LogP contribution in [-0.4, -0.2) is 47.4 Å². The molecule has 2 aromatic carbocycles. The van der Waals surface area contributed by atoms with Crippen molar-refractivity contribution in [3.63, 3.8) is 0 Å². The monoisotopic (exact) mass is 461 g/mol. The van der Waals surface area contributed by atoms with Crippen molar-refractivity contribution >= 4 is 5.91 Å². The summed E-state index contributed by atoms with van der Waals surface area (Å²) in [6.07, 6.45) is 0. The highest BCUT2D eigenvalue weighted by Crippen LogP contribution is 2.35. The Bertz CT molecular complexity index is 1100. The average Bonchev–Trinajstić information content (AvgIpc) is 3.22. The Hall–Kier alpha value is -3.25. The smallest absolute Gasteiger partial charge is 0.219 e. The van der Waals surface area contributed by atoms with E-state index in [0.717, 1.165) is 42.3 Å². The Morgan fingerprint density at radius 1 is 1.09 bits per heavy atom. The van der Waals surface area contributed by atoms with E-state index in [4.69, 9.17) is 4.74 Å². The first-order valence-electron chi connectivity index (χ1n) is 11.7. The molecule has 0 aliphatic carbocycles. The number of amides is 1. The molecule has 1 fully saturated rings. The number of ether oxygens (including phenoxy) is 1. The number of carbonyl (C=O) groups is 1. The number of hydrogen-bond donors (Lipinski definition) is 0. The van der Waals surface area contributed by atoms with Gasteiger partial charge < -0.3 is 9.64 Å². The summed E-state index contributed by atoms with van der Waals surface area (Å²) in [5.41, 5.74) is 4.25. The van der Waals surface area contributed by atoms with Crippen LogP contribution in [0.25, 0.3) is 0 Å². The van der Waals surface area contributed by atoms with Crippen LogP contribution in [0.2, 0.25) is 0 Å². The van der Waals surface area contributed by atoms with Crippen molar-refractivity contribution in [1.82, 2.24) is 14.8 Å². The largest absolute Gasteiger partial charge is 0.497 e. The first-order chi connectivity index (χ1) is 16.4. The molecule has 0 N–H and O–H groups in total. The third-order valence-electron chi connectivity index (χ3n) is 6.58. The third kappa shape index (κ3) is 6.00. The molecule has 2 atom stereocenters. The van der Waals surface area contributed by atoms with Gasteiger partial charge in [-0.15, -0.1) is 0 Å². The van der Waals surface area contributed by atoms with Crippen molar-refractivity contribution in [2.75, 3.05) is 26.7 Å². The quantitative estimate of drug-likeness (QED) is 0.483. The second-order valence-corrected chi connectivity index (χ2v) is 9.13. The fourth-order valence-corrected chi connectivity index (χ4v) is 4.82. The van der Waals surface area contributed by atoms with Gasteiger partial charge in [0.15, 0.2) is 0 Å². The van der Waals surface area contributed by atoms with Crippen LogP contribution in [0.1, 0.15) is 35.4 Å². The zero-order valence-electron chi connectivity index (χ0n) is 20.1. The molecule has 34 heavy (non-hydrogen) atoms. The van der Waals surface area contributed by atoms with Gasteiger partial charge in [-0.25, -0.2) is 4.39 Å². The molecule has 2 unspecified atom stereocenters. The number of methoxy groups -OCH3 is 1. The van der Waals surface area contributed by atoms with Crippen LogP contribution in [0.15, 0.2) is 66.7 Å². The summed E-state index contributed by atoms with van der Waals surface area (Å²) in [6.45, 7) is 7.28. The second-order valence-electron chi connectivity index (χ2n) is 9.13. The van der Waals surface area contributed by atoms with E-state index in [-0.39, 0.29) is 23.6 Å². The first kappa shape index (κ1) is 23.9. The fourth-order valence-electron chi connectivity index (χ4n) is 4.82. The number of carbonyl (C=O) groups excluding carboxylic acids is 1. The van der Waals surface area contributed by atoms with Crippen molar-refractivity contribution < 1.29 is 13.9 Å². The maximum Gasteiger partial charge on any atom is 0.219 e. The maximum absolute atomic E-state index is 13.4. The number of hydrogen-bond acceptors (Lipinski definition) is 4. The van der Waals surface area contributed by atoms with Crippen molar-refractivity contribution in [2.24, 2.45) is 5.92 Å². The minimum atomic E-state index is -0.270. The van der Waals surface area contributed by atoms with E-state index in [1.807, 2.05) is 36.1 Å². The van der Waals surface area contributed by atoms with Crippen molar-refractivity contribution in [3.8, 4) is 5.75 Å². The number of pyridine rings is 1. The van der Waals surface area contributed by atoms with Crippen molar-refractivity contribution in [1.29, 1.82) is 0 Å². The number of aromatic nitrogens is 1. The van der Waals surface area contributed by atoms with Crippen LogP contribution in [0.5, 0.6) is 5.75 Å². The summed E-state index contributed by atoms with van der Waals surface area (Å²) in [5.74, 6) is 1.14. The standard InChI is InChI=1S/C28H32FN3O2/c1-20-5-4-6-26(30-20)18-31-16-24(28(19-31)23-9-13-27(34-3)14-10-23)17-32(21(2)33)15-22-7-11-25(29)12-8-22/h4-14,24,28H,15-19H2,1-3H3. The number of likely N-dealkylation sites (tertiary alicyclic amines) is 1. The Balaban J connectivity index is 1.54. The fraction of sp³-hybridized carbons (Fsp3) is 0.357. The van der Waals surface area contributed by atoms with Gasteiger partial charge >= 0.3 is 0 Å². The number of nitrogens with zero attached hydrogens (tertiary/aromatic N) is 3. The van der Waals surface area contributed by atoms with E-state index >= 15 is 0 Å². The van der Waals surface area contributed by atoms with Crippen LogP contribution in [0.3, 0.4) is 0 Å². The SMILES string of the molecule is COc1ccc(C2CN(Cc3cccc(C)n3)CC2CN(Cc2ccc(F)cc2)C(C)=O)cc1. The van der Waals surface area contributed by atoms with Crippen LogP contribution in [0.4, 0.5) is 4.39 Å².